The van der Waals surface area contributed by atoms with Crippen molar-refractivity contribution in [2.45, 2.75) is 277 Å². The highest BCUT2D eigenvalue weighted by Gasteiger charge is 2.19. The van der Waals surface area contributed by atoms with E-state index in [-0.39, 0.29) is 31.1 Å². The van der Waals surface area contributed by atoms with Gasteiger partial charge in [-0.05, 0) is 109 Å². The number of allylic oxidation sites excluding steroid dienone is 20. The molecule has 0 aliphatic heterocycles. The molecule has 0 fully saturated rings. The molecule has 0 spiro atoms. The summed E-state index contributed by atoms with van der Waals surface area (Å²) in [5.41, 5.74) is 0. The normalized spacial score (nSPS) is 13.0. The SMILES string of the molecule is CC/C=C\C/C=C\C/C=C\C/C=C\C/C=C\CCCCCCCCCCCCCC(=O)OCC(COC(=O)CCCCCCCCCC)OC(=O)CCCCCCC/C=C\C/C=C\C/C=C\C/C=C\C/C=C\CC. The number of rotatable bonds is 54. The Hall–Kier alpha value is -4.19. The Morgan fingerprint density at radius 3 is 0.824 bits per heavy atom. The molecular formula is C68H112O6. The average molecular weight is 1030 g/mol. The van der Waals surface area contributed by atoms with Crippen LogP contribution in [0.4, 0.5) is 0 Å². The summed E-state index contributed by atoms with van der Waals surface area (Å²) in [5, 5.41) is 0. The van der Waals surface area contributed by atoms with Crippen molar-refractivity contribution in [2.24, 2.45) is 0 Å². The molecular weight excluding hydrogens is 913 g/mol. The van der Waals surface area contributed by atoms with Crippen molar-refractivity contribution in [2.75, 3.05) is 13.2 Å². The minimum absolute atomic E-state index is 0.0875. The largest absolute Gasteiger partial charge is 0.462 e. The van der Waals surface area contributed by atoms with Crippen LogP contribution in [0, 0.1) is 0 Å². The maximum Gasteiger partial charge on any atom is 0.306 e. The number of hydrogen-bond donors (Lipinski definition) is 0. The fourth-order valence-corrected chi connectivity index (χ4v) is 8.20. The third-order valence-corrected chi connectivity index (χ3v) is 12.7. The van der Waals surface area contributed by atoms with Gasteiger partial charge in [0.1, 0.15) is 13.2 Å². The summed E-state index contributed by atoms with van der Waals surface area (Å²) in [4.78, 5) is 38.1. The predicted molar refractivity (Wildman–Crippen MR) is 320 cm³/mol. The van der Waals surface area contributed by atoms with Crippen molar-refractivity contribution in [3.8, 4) is 0 Å². The lowest BCUT2D eigenvalue weighted by Crippen LogP contribution is -2.30. The number of esters is 3. The second kappa shape index (κ2) is 61.4. The molecule has 0 aromatic heterocycles. The molecule has 0 saturated carbocycles. The lowest BCUT2D eigenvalue weighted by atomic mass is 10.0. The summed E-state index contributed by atoms with van der Waals surface area (Å²) >= 11 is 0. The summed E-state index contributed by atoms with van der Waals surface area (Å²) < 4.78 is 16.8. The Morgan fingerprint density at radius 1 is 0.284 bits per heavy atom. The van der Waals surface area contributed by atoms with Gasteiger partial charge in [-0.25, -0.2) is 0 Å². The smallest absolute Gasteiger partial charge is 0.306 e. The molecule has 0 saturated heterocycles. The number of carbonyl (C=O) groups excluding carboxylic acids is 3. The van der Waals surface area contributed by atoms with E-state index in [4.69, 9.17) is 14.2 Å². The lowest BCUT2D eigenvalue weighted by Gasteiger charge is -2.18. The molecule has 6 nitrogen and oxygen atoms in total. The minimum Gasteiger partial charge on any atom is -0.462 e. The minimum atomic E-state index is -0.790. The van der Waals surface area contributed by atoms with Crippen LogP contribution >= 0.6 is 0 Å². The molecule has 0 bridgehead atoms. The standard InChI is InChI=1S/C68H112O6/c1-4-7-10-13-16-19-21-23-25-27-29-31-32-33-34-35-36-38-39-41-43-45-47-49-52-55-58-61-67(70)73-64-65(63-72-66(69)60-57-54-51-18-15-12-9-6-3)74-68(71)62-59-56-53-50-48-46-44-42-40-37-30-28-26-24-22-20-17-14-11-8-5-2/h7-8,10-11,16-17,19-20,23-26,29-31,33-34,37,42,44,65H,4-6,9,12-15,18,21-22,27-28,32,35-36,38-41,43,45-64H2,1-3H3/b10-7-,11-8-,19-16-,20-17-,25-23-,26-24-,31-29-,34-33-,37-30-,44-42-. The summed E-state index contributed by atoms with van der Waals surface area (Å²) in [5.74, 6) is -0.913. The van der Waals surface area contributed by atoms with Gasteiger partial charge in [0.15, 0.2) is 6.10 Å². The van der Waals surface area contributed by atoms with Gasteiger partial charge in [-0.15, -0.1) is 0 Å². The highest BCUT2D eigenvalue weighted by Crippen LogP contribution is 2.15. The first-order valence-corrected chi connectivity index (χ1v) is 30.5. The maximum atomic E-state index is 12.9. The van der Waals surface area contributed by atoms with E-state index in [1.54, 1.807) is 0 Å². The van der Waals surface area contributed by atoms with E-state index in [2.05, 4.69) is 142 Å². The molecule has 0 aliphatic rings. The molecule has 1 unspecified atom stereocenters. The van der Waals surface area contributed by atoms with Crippen LogP contribution in [0.25, 0.3) is 0 Å². The van der Waals surface area contributed by atoms with Crippen LogP contribution in [-0.2, 0) is 28.6 Å². The Morgan fingerprint density at radius 2 is 0.527 bits per heavy atom. The van der Waals surface area contributed by atoms with Crippen LogP contribution in [0.15, 0.2) is 122 Å². The van der Waals surface area contributed by atoms with Crippen LogP contribution in [-0.4, -0.2) is 37.2 Å². The van der Waals surface area contributed by atoms with Crippen molar-refractivity contribution < 1.29 is 28.6 Å². The molecule has 0 radical (unpaired) electrons. The van der Waals surface area contributed by atoms with E-state index in [1.165, 1.54) is 89.9 Å². The molecule has 0 aromatic rings. The average Bonchev–Trinajstić information content (AvgIpc) is 3.40. The van der Waals surface area contributed by atoms with Crippen LogP contribution in [0.2, 0.25) is 0 Å². The maximum absolute atomic E-state index is 12.9. The van der Waals surface area contributed by atoms with Crippen molar-refractivity contribution in [3.05, 3.63) is 122 Å². The highest BCUT2D eigenvalue weighted by molar-refractivity contribution is 5.71. The summed E-state index contributed by atoms with van der Waals surface area (Å²) in [7, 11) is 0. The summed E-state index contributed by atoms with van der Waals surface area (Å²) in [6.07, 6.45) is 85.0. The Labute approximate surface area is 456 Å². The van der Waals surface area contributed by atoms with Gasteiger partial charge in [-0.2, -0.15) is 0 Å². The Kier molecular flexibility index (Phi) is 57.9. The van der Waals surface area contributed by atoms with Gasteiger partial charge in [0, 0.05) is 19.3 Å². The van der Waals surface area contributed by atoms with E-state index in [1.807, 2.05) is 0 Å². The van der Waals surface area contributed by atoms with Crippen molar-refractivity contribution in [1.29, 1.82) is 0 Å². The quantitative estimate of drug-likeness (QED) is 0.0261. The van der Waals surface area contributed by atoms with Gasteiger partial charge in [0.2, 0.25) is 0 Å². The lowest BCUT2D eigenvalue weighted by molar-refractivity contribution is -0.167. The molecule has 420 valence electrons. The molecule has 0 amide bonds. The van der Waals surface area contributed by atoms with E-state index in [0.717, 1.165) is 141 Å². The second-order valence-electron chi connectivity index (χ2n) is 19.9. The molecule has 0 rings (SSSR count). The first-order chi connectivity index (χ1) is 36.5. The third-order valence-electron chi connectivity index (χ3n) is 12.7. The van der Waals surface area contributed by atoms with Crippen LogP contribution in [0.5, 0.6) is 0 Å². The third kappa shape index (κ3) is 58.7. The zero-order valence-corrected chi connectivity index (χ0v) is 48.1. The summed E-state index contributed by atoms with van der Waals surface area (Å²) in [6.45, 7) is 6.37. The van der Waals surface area contributed by atoms with E-state index < -0.39 is 6.10 Å². The molecule has 0 aromatic carbocycles. The van der Waals surface area contributed by atoms with E-state index >= 15 is 0 Å². The number of unbranched alkanes of at least 4 members (excludes halogenated alkanes) is 23. The molecule has 0 heterocycles. The van der Waals surface area contributed by atoms with Gasteiger partial charge in [0.05, 0.1) is 0 Å². The van der Waals surface area contributed by atoms with Crippen molar-refractivity contribution >= 4 is 17.9 Å². The predicted octanol–water partition coefficient (Wildman–Crippen LogP) is 20.8. The zero-order chi connectivity index (χ0) is 53.6. The zero-order valence-electron chi connectivity index (χ0n) is 48.1. The van der Waals surface area contributed by atoms with Gasteiger partial charge >= 0.3 is 17.9 Å². The molecule has 0 N–H and O–H groups in total. The Bertz CT molecular complexity index is 1550. The van der Waals surface area contributed by atoms with Gasteiger partial charge in [0.25, 0.3) is 0 Å². The second-order valence-corrected chi connectivity index (χ2v) is 19.9. The molecule has 0 aliphatic carbocycles. The van der Waals surface area contributed by atoms with Gasteiger partial charge < -0.3 is 14.2 Å². The van der Waals surface area contributed by atoms with Gasteiger partial charge in [-0.3, -0.25) is 14.4 Å². The molecule has 6 heteroatoms. The number of ether oxygens (including phenoxy) is 3. The monoisotopic (exact) mass is 1020 g/mol. The summed E-state index contributed by atoms with van der Waals surface area (Å²) in [6, 6.07) is 0. The highest BCUT2D eigenvalue weighted by atomic mass is 16.6. The fraction of sp³-hybridized carbons (Fsp3) is 0.662. The topological polar surface area (TPSA) is 78.9 Å². The van der Waals surface area contributed by atoms with Crippen molar-refractivity contribution in [1.82, 2.24) is 0 Å². The first-order valence-electron chi connectivity index (χ1n) is 30.5. The van der Waals surface area contributed by atoms with E-state index in [9.17, 15) is 14.4 Å². The molecule has 1 atom stereocenters. The van der Waals surface area contributed by atoms with Crippen LogP contribution in [0.3, 0.4) is 0 Å². The number of carbonyl (C=O) groups is 3. The van der Waals surface area contributed by atoms with Crippen LogP contribution < -0.4 is 0 Å². The fourth-order valence-electron chi connectivity index (χ4n) is 8.20. The van der Waals surface area contributed by atoms with Crippen molar-refractivity contribution in [3.63, 3.8) is 0 Å². The van der Waals surface area contributed by atoms with Crippen LogP contribution in [0.1, 0.15) is 271 Å². The number of hydrogen-bond acceptors (Lipinski definition) is 6. The molecule has 74 heavy (non-hydrogen) atoms. The first kappa shape index (κ1) is 69.8. The van der Waals surface area contributed by atoms with Gasteiger partial charge in [-0.1, -0.05) is 264 Å². The van der Waals surface area contributed by atoms with E-state index in [0.29, 0.717) is 19.3 Å². The Balaban J connectivity index is 4.24.